The molecule has 1 saturated carbocycles. The van der Waals surface area contributed by atoms with Crippen molar-refractivity contribution in [2.45, 2.75) is 31.9 Å². The molecule has 104 valence electrons. The minimum absolute atomic E-state index is 0.0664. The molecule has 2 rings (SSSR count). The van der Waals surface area contributed by atoms with Gasteiger partial charge in [-0.15, -0.1) is 0 Å². The second-order valence-electron chi connectivity index (χ2n) is 4.87. The number of ketones is 1. The number of rotatable bonds is 3. The first kappa shape index (κ1) is 13.9. The Kier molecular flexibility index (Phi) is 4.12. The molecule has 0 amide bonds. The average molecular weight is 271 g/mol. The molecule has 0 aromatic heterocycles. The molecule has 0 aliphatic heterocycles. The normalized spacial score (nSPS) is 20.4. The summed E-state index contributed by atoms with van der Waals surface area (Å²) in [5.41, 5.74) is -0.263. The number of carbonyl (C=O) groups is 1. The van der Waals surface area contributed by atoms with Crippen LogP contribution < -0.4 is 5.32 Å². The molecule has 0 spiro atoms. The van der Waals surface area contributed by atoms with E-state index < -0.39 is 11.7 Å². The van der Waals surface area contributed by atoms with Crippen molar-refractivity contribution < 1.29 is 18.0 Å². The summed E-state index contributed by atoms with van der Waals surface area (Å²) in [6.07, 6.45) is -0.975. The monoisotopic (exact) mass is 271 g/mol. The summed E-state index contributed by atoms with van der Waals surface area (Å²) < 4.78 is 37.6. The summed E-state index contributed by atoms with van der Waals surface area (Å²) in [6.45, 7) is 0.417. The van der Waals surface area contributed by atoms with E-state index in [9.17, 15) is 18.0 Å². The van der Waals surface area contributed by atoms with Gasteiger partial charge >= 0.3 is 6.18 Å². The van der Waals surface area contributed by atoms with Crippen LogP contribution in [-0.2, 0) is 11.0 Å². The predicted octanol–water partition coefficient (Wildman–Crippen LogP) is 3.88. The number of Topliss-reactive ketones (excluding diaryl/α,β-unsaturated/α-hetero) is 1. The topological polar surface area (TPSA) is 29.1 Å². The summed E-state index contributed by atoms with van der Waals surface area (Å²) in [5.74, 6) is 0.147. The van der Waals surface area contributed by atoms with Crippen LogP contribution in [0.25, 0.3) is 0 Å². The number of hydrogen-bond acceptors (Lipinski definition) is 2. The molecule has 0 heterocycles. The third-order valence-electron chi connectivity index (χ3n) is 3.42. The number of hydrogen-bond donors (Lipinski definition) is 1. The standard InChI is InChI=1S/C14H16F3NO/c15-14(16,17)11-5-3-6-12(8-11)18-9-10-4-1-2-7-13(10)19/h3,5-6,8,10,18H,1-2,4,7,9H2/t10-/m1/s1. The number of nitrogens with one attached hydrogen (secondary N) is 1. The number of alkyl halides is 3. The van der Waals surface area contributed by atoms with Gasteiger partial charge in [0.25, 0.3) is 0 Å². The minimum atomic E-state index is -4.33. The van der Waals surface area contributed by atoms with E-state index in [-0.39, 0.29) is 11.7 Å². The van der Waals surface area contributed by atoms with Crippen molar-refractivity contribution in [3.05, 3.63) is 29.8 Å². The minimum Gasteiger partial charge on any atom is -0.384 e. The van der Waals surface area contributed by atoms with E-state index in [4.69, 9.17) is 0 Å². The maximum absolute atomic E-state index is 12.5. The quantitative estimate of drug-likeness (QED) is 0.904. The van der Waals surface area contributed by atoms with Gasteiger partial charge in [-0.05, 0) is 31.0 Å². The number of halogens is 3. The predicted molar refractivity (Wildman–Crippen MR) is 66.9 cm³/mol. The third kappa shape index (κ3) is 3.72. The number of anilines is 1. The molecule has 1 fully saturated rings. The molecule has 1 aromatic carbocycles. The van der Waals surface area contributed by atoms with Crippen LogP contribution in [-0.4, -0.2) is 12.3 Å². The van der Waals surface area contributed by atoms with Crippen LogP contribution in [0.5, 0.6) is 0 Å². The summed E-state index contributed by atoms with van der Waals surface area (Å²) >= 11 is 0. The molecule has 2 nitrogen and oxygen atoms in total. The van der Waals surface area contributed by atoms with Gasteiger partial charge in [-0.2, -0.15) is 13.2 Å². The molecule has 19 heavy (non-hydrogen) atoms. The van der Waals surface area contributed by atoms with Gasteiger partial charge in [0.1, 0.15) is 5.78 Å². The van der Waals surface area contributed by atoms with Crippen LogP contribution in [0.2, 0.25) is 0 Å². The van der Waals surface area contributed by atoms with E-state index in [0.717, 1.165) is 31.4 Å². The highest BCUT2D eigenvalue weighted by molar-refractivity contribution is 5.82. The van der Waals surface area contributed by atoms with Gasteiger partial charge in [0.15, 0.2) is 0 Å². The fourth-order valence-corrected chi connectivity index (χ4v) is 2.32. The Morgan fingerprint density at radius 2 is 2.05 bits per heavy atom. The summed E-state index contributed by atoms with van der Waals surface area (Å²) in [5, 5.41) is 2.94. The summed E-state index contributed by atoms with van der Waals surface area (Å²) in [6, 6.07) is 5.07. The van der Waals surface area contributed by atoms with E-state index in [1.807, 2.05) is 0 Å². The zero-order valence-corrected chi connectivity index (χ0v) is 10.5. The van der Waals surface area contributed by atoms with Crippen LogP contribution in [0.15, 0.2) is 24.3 Å². The van der Waals surface area contributed by atoms with Gasteiger partial charge in [0, 0.05) is 24.6 Å². The molecule has 0 radical (unpaired) electrons. The molecule has 1 N–H and O–H groups in total. The van der Waals surface area contributed by atoms with Gasteiger partial charge in [-0.25, -0.2) is 0 Å². The molecule has 0 unspecified atom stereocenters. The molecule has 1 aliphatic carbocycles. The maximum Gasteiger partial charge on any atom is 0.416 e. The molecule has 0 bridgehead atoms. The lowest BCUT2D eigenvalue weighted by atomic mass is 9.88. The molecule has 1 aliphatic rings. The van der Waals surface area contributed by atoms with Crippen molar-refractivity contribution in [3.8, 4) is 0 Å². The Bertz CT molecular complexity index is 456. The van der Waals surface area contributed by atoms with Gasteiger partial charge in [0.2, 0.25) is 0 Å². The Morgan fingerprint density at radius 1 is 1.26 bits per heavy atom. The second-order valence-corrected chi connectivity index (χ2v) is 4.87. The Balaban J connectivity index is 1.98. The number of carbonyl (C=O) groups excluding carboxylic acids is 1. The Hall–Kier alpha value is -1.52. The molecule has 1 aromatic rings. The van der Waals surface area contributed by atoms with Crippen molar-refractivity contribution >= 4 is 11.5 Å². The maximum atomic E-state index is 12.5. The molecule has 1 atom stereocenters. The van der Waals surface area contributed by atoms with Crippen LogP contribution in [0, 0.1) is 5.92 Å². The zero-order valence-electron chi connectivity index (χ0n) is 10.5. The van der Waals surface area contributed by atoms with E-state index in [0.29, 0.717) is 18.7 Å². The van der Waals surface area contributed by atoms with Crippen molar-refractivity contribution in [3.63, 3.8) is 0 Å². The van der Waals surface area contributed by atoms with Crippen LogP contribution in [0.3, 0.4) is 0 Å². The van der Waals surface area contributed by atoms with Gasteiger partial charge in [0.05, 0.1) is 5.56 Å². The fourth-order valence-electron chi connectivity index (χ4n) is 2.32. The van der Waals surface area contributed by atoms with Gasteiger partial charge in [-0.3, -0.25) is 4.79 Å². The van der Waals surface area contributed by atoms with Crippen LogP contribution in [0.1, 0.15) is 31.2 Å². The highest BCUT2D eigenvalue weighted by atomic mass is 19.4. The fraction of sp³-hybridized carbons (Fsp3) is 0.500. The highest BCUT2D eigenvalue weighted by Crippen LogP contribution is 2.31. The first-order valence-corrected chi connectivity index (χ1v) is 6.40. The molecular formula is C14H16F3NO. The summed E-state index contributed by atoms with van der Waals surface area (Å²) in [7, 11) is 0. The van der Waals surface area contributed by atoms with Gasteiger partial charge < -0.3 is 5.32 Å². The lowest BCUT2D eigenvalue weighted by Crippen LogP contribution is -2.26. The van der Waals surface area contributed by atoms with Crippen LogP contribution >= 0.6 is 0 Å². The first-order chi connectivity index (χ1) is 8.97. The van der Waals surface area contributed by atoms with Crippen LogP contribution in [0.4, 0.5) is 18.9 Å². The number of benzene rings is 1. The second kappa shape index (κ2) is 5.63. The molecule has 5 heteroatoms. The molecular weight excluding hydrogens is 255 g/mol. The van der Waals surface area contributed by atoms with Gasteiger partial charge in [-0.1, -0.05) is 12.5 Å². The Labute approximate surface area is 110 Å². The lowest BCUT2D eigenvalue weighted by Gasteiger charge is -2.21. The zero-order chi connectivity index (χ0) is 13.9. The lowest BCUT2D eigenvalue weighted by molar-refractivity contribution is -0.137. The Morgan fingerprint density at radius 3 is 2.74 bits per heavy atom. The summed E-state index contributed by atoms with van der Waals surface area (Å²) in [4.78, 5) is 11.6. The SMILES string of the molecule is O=C1CCCC[C@@H]1CNc1cccc(C(F)(F)F)c1. The third-order valence-corrected chi connectivity index (χ3v) is 3.42. The largest absolute Gasteiger partial charge is 0.416 e. The average Bonchev–Trinajstić information content (AvgIpc) is 2.37. The van der Waals surface area contributed by atoms with E-state index in [1.54, 1.807) is 6.07 Å². The smallest absolute Gasteiger partial charge is 0.384 e. The van der Waals surface area contributed by atoms with E-state index >= 15 is 0 Å². The van der Waals surface area contributed by atoms with E-state index in [1.165, 1.54) is 6.07 Å². The first-order valence-electron chi connectivity index (χ1n) is 6.40. The highest BCUT2D eigenvalue weighted by Gasteiger charge is 2.30. The van der Waals surface area contributed by atoms with Crippen molar-refractivity contribution in [1.82, 2.24) is 0 Å². The molecule has 0 saturated heterocycles. The van der Waals surface area contributed by atoms with Crippen molar-refractivity contribution in [1.29, 1.82) is 0 Å². The van der Waals surface area contributed by atoms with Crippen molar-refractivity contribution in [2.75, 3.05) is 11.9 Å². The van der Waals surface area contributed by atoms with E-state index in [2.05, 4.69) is 5.32 Å². The van der Waals surface area contributed by atoms with Crippen molar-refractivity contribution in [2.24, 2.45) is 5.92 Å².